The zero-order valence-corrected chi connectivity index (χ0v) is 7.69. The van der Waals surface area contributed by atoms with Crippen LogP contribution in [0.2, 0.25) is 0 Å². The summed E-state index contributed by atoms with van der Waals surface area (Å²) >= 11 is 0. The summed E-state index contributed by atoms with van der Waals surface area (Å²) in [7, 11) is 2.34. The van der Waals surface area contributed by atoms with Crippen molar-refractivity contribution in [3.63, 3.8) is 0 Å². The maximum Gasteiger partial charge on any atom is 0.447 e. The van der Waals surface area contributed by atoms with Crippen molar-refractivity contribution in [3.05, 3.63) is 24.4 Å². The van der Waals surface area contributed by atoms with Gasteiger partial charge in [0, 0.05) is 6.07 Å². The molecule has 2 aliphatic rings. The van der Waals surface area contributed by atoms with E-state index in [9.17, 15) is 0 Å². The van der Waals surface area contributed by atoms with Crippen molar-refractivity contribution >= 4 is 13.2 Å². The molecule has 65 valence electrons. The summed E-state index contributed by atoms with van der Waals surface area (Å²) in [6, 6.07) is 6.43. The average Bonchev–Trinajstić information content (AvgIpc) is 2.56. The minimum Gasteiger partial charge on any atom is -0.296 e. The molecule has 3 rings (SSSR count). The molecule has 0 amide bonds. The Hall–Kier alpha value is -0.985. The summed E-state index contributed by atoms with van der Waals surface area (Å²) in [6.07, 6.45) is 6.20. The van der Waals surface area contributed by atoms with Crippen molar-refractivity contribution in [2.45, 2.75) is 25.2 Å². The van der Waals surface area contributed by atoms with Crippen LogP contribution in [0.3, 0.4) is 0 Å². The average molecular weight is 172 g/mol. The minimum atomic E-state index is 0.663. The number of piperidine rings is 1. The molecule has 2 nitrogen and oxygen atoms in total. The first kappa shape index (κ1) is 7.42. The molecule has 13 heavy (non-hydrogen) atoms. The van der Waals surface area contributed by atoms with Crippen LogP contribution in [0, 0.1) is 0 Å². The van der Waals surface area contributed by atoms with Crippen molar-refractivity contribution in [1.29, 1.82) is 0 Å². The van der Waals surface area contributed by atoms with Gasteiger partial charge in [0.05, 0.1) is 12.7 Å². The first-order chi connectivity index (χ1) is 6.45. The standard InChI is InChI=1S/C10H13BN2/c1-3-7-12-9(5-1)11-13-8-4-2-6-10(12)13/h2,4,6,8-9H,1,3,5,7H2/q+1. The number of nitrogens with zero attached hydrogens (tertiary/aromatic N) is 2. The summed E-state index contributed by atoms with van der Waals surface area (Å²) < 4.78 is 2.26. The smallest absolute Gasteiger partial charge is 0.296 e. The molecular weight excluding hydrogens is 159 g/mol. The Morgan fingerprint density at radius 3 is 3.38 bits per heavy atom. The summed E-state index contributed by atoms with van der Waals surface area (Å²) in [6.45, 7) is 1.23. The maximum atomic E-state index is 2.52. The predicted molar refractivity (Wildman–Crippen MR) is 52.8 cm³/mol. The molecule has 3 heteroatoms. The number of anilines is 1. The third-order valence-corrected chi connectivity index (χ3v) is 3.04. The van der Waals surface area contributed by atoms with Gasteiger partial charge in [-0.1, -0.05) is 6.07 Å². The molecule has 3 heterocycles. The highest BCUT2D eigenvalue weighted by Crippen LogP contribution is 2.24. The van der Waals surface area contributed by atoms with E-state index in [1.807, 2.05) is 0 Å². The van der Waals surface area contributed by atoms with E-state index in [0.29, 0.717) is 5.94 Å². The van der Waals surface area contributed by atoms with Crippen molar-refractivity contribution in [2.24, 2.45) is 0 Å². The van der Waals surface area contributed by atoms with Gasteiger partial charge in [-0.3, -0.25) is 9.38 Å². The number of aromatic nitrogens is 1. The van der Waals surface area contributed by atoms with Crippen molar-refractivity contribution in [2.75, 3.05) is 11.4 Å². The molecular formula is C10H13BN2+. The van der Waals surface area contributed by atoms with E-state index in [1.165, 1.54) is 31.6 Å². The first-order valence-corrected chi connectivity index (χ1v) is 5.07. The van der Waals surface area contributed by atoms with Crippen LogP contribution in [-0.4, -0.2) is 19.9 Å². The van der Waals surface area contributed by atoms with Crippen LogP contribution in [0.15, 0.2) is 24.4 Å². The summed E-state index contributed by atoms with van der Waals surface area (Å²) in [4.78, 5) is 2.52. The summed E-state index contributed by atoms with van der Waals surface area (Å²) in [5, 5.41) is 0. The number of fused-ring (bicyclic) bond motifs is 3. The lowest BCUT2D eigenvalue weighted by atomic mass is 9.78. The van der Waals surface area contributed by atoms with Crippen molar-refractivity contribution in [3.8, 4) is 0 Å². The van der Waals surface area contributed by atoms with Crippen LogP contribution >= 0.6 is 0 Å². The summed E-state index contributed by atoms with van der Waals surface area (Å²) in [5.41, 5.74) is 0. The Balaban J connectivity index is 2.01. The molecule has 1 fully saturated rings. The van der Waals surface area contributed by atoms with Gasteiger partial charge in [0.15, 0.2) is 0 Å². The zero-order valence-electron chi connectivity index (χ0n) is 7.69. The zero-order chi connectivity index (χ0) is 8.67. The highest BCUT2D eigenvalue weighted by molar-refractivity contribution is 6.30. The highest BCUT2D eigenvalue weighted by atomic mass is 15.3. The van der Waals surface area contributed by atoms with E-state index in [0.717, 1.165) is 0 Å². The fourth-order valence-corrected chi connectivity index (χ4v) is 2.40. The molecule has 1 unspecified atom stereocenters. The molecule has 0 aromatic carbocycles. The van der Waals surface area contributed by atoms with E-state index in [2.05, 4.69) is 41.2 Å². The van der Waals surface area contributed by atoms with Gasteiger partial charge in [0.1, 0.15) is 5.94 Å². The van der Waals surface area contributed by atoms with E-state index < -0.39 is 0 Å². The number of hydrogen-bond donors (Lipinski definition) is 0. The number of rotatable bonds is 0. The second-order valence-electron chi connectivity index (χ2n) is 3.87. The molecule has 1 radical (unpaired) electrons. The fraction of sp³-hybridized carbons (Fsp3) is 0.500. The van der Waals surface area contributed by atoms with Crippen molar-refractivity contribution in [1.82, 2.24) is 0 Å². The lowest BCUT2D eigenvalue weighted by Crippen LogP contribution is -2.42. The fourth-order valence-electron chi connectivity index (χ4n) is 2.40. The third-order valence-electron chi connectivity index (χ3n) is 3.04. The molecule has 0 N–H and O–H groups in total. The van der Waals surface area contributed by atoms with Gasteiger partial charge in [-0.2, -0.15) is 0 Å². The largest absolute Gasteiger partial charge is 0.447 e. The monoisotopic (exact) mass is 172 g/mol. The first-order valence-electron chi connectivity index (χ1n) is 5.07. The molecule has 0 aliphatic carbocycles. The minimum absolute atomic E-state index is 0.663. The van der Waals surface area contributed by atoms with Gasteiger partial charge >= 0.3 is 7.41 Å². The molecule has 1 aromatic heterocycles. The Bertz CT molecular complexity index is 326. The van der Waals surface area contributed by atoms with Crippen LogP contribution in [0.1, 0.15) is 19.3 Å². The van der Waals surface area contributed by atoms with E-state index in [1.54, 1.807) is 0 Å². The van der Waals surface area contributed by atoms with Crippen LogP contribution in [0.4, 0.5) is 5.82 Å². The van der Waals surface area contributed by atoms with E-state index >= 15 is 0 Å². The normalized spacial score (nSPS) is 24.9. The van der Waals surface area contributed by atoms with Crippen LogP contribution in [-0.2, 0) is 0 Å². The maximum absolute atomic E-state index is 2.52. The number of hydrogen-bond acceptors (Lipinski definition) is 1. The van der Waals surface area contributed by atoms with Gasteiger partial charge in [-0.05, 0) is 25.3 Å². The van der Waals surface area contributed by atoms with Gasteiger partial charge in [-0.15, -0.1) is 0 Å². The topological polar surface area (TPSA) is 7.12 Å². The molecule has 1 saturated heterocycles. The van der Waals surface area contributed by atoms with Crippen molar-refractivity contribution < 1.29 is 4.48 Å². The number of pyridine rings is 1. The summed E-state index contributed by atoms with van der Waals surface area (Å²) in [5.74, 6) is 2.03. The Kier molecular flexibility index (Phi) is 1.57. The molecule has 1 aromatic rings. The molecule has 1 atom stereocenters. The van der Waals surface area contributed by atoms with Crippen LogP contribution < -0.4 is 9.38 Å². The van der Waals surface area contributed by atoms with Gasteiger partial charge in [0.2, 0.25) is 0 Å². The Morgan fingerprint density at radius 2 is 2.38 bits per heavy atom. The predicted octanol–water partition coefficient (Wildman–Crippen LogP) is 0.771. The van der Waals surface area contributed by atoms with Crippen LogP contribution in [0.25, 0.3) is 0 Å². The molecule has 0 bridgehead atoms. The van der Waals surface area contributed by atoms with E-state index in [-0.39, 0.29) is 0 Å². The quantitative estimate of drug-likeness (QED) is 0.524. The molecule has 2 aliphatic heterocycles. The Labute approximate surface area is 79.4 Å². The highest BCUT2D eigenvalue weighted by Gasteiger charge is 2.40. The molecule has 0 saturated carbocycles. The Morgan fingerprint density at radius 1 is 1.38 bits per heavy atom. The molecule has 0 spiro atoms. The van der Waals surface area contributed by atoms with E-state index in [4.69, 9.17) is 0 Å². The van der Waals surface area contributed by atoms with Gasteiger partial charge < -0.3 is 0 Å². The van der Waals surface area contributed by atoms with Gasteiger partial charge in [-0.25, -0.2) is 0 Å². The second-order valence-corrected chi connectivity index (χ2v) is 3.87. The SMILES string of the molecule is [B]1C2CCCCN2c2cccc[n+]21. The lowest BCUT2D eigenvalue weighted by molar-refractivity contribution is -0.509. The second kappa shape index (κ2) is 2.76. The van der Waals surface area contributed by atoms with Crippen LogP contribution in [0.5, 0.6) is 0 Å². The van der Waals surface area contributed by atoms with Gasteiger partial charge in [0.25, 0.3) is 5.82 Å². The lowest BCUT2D eigenvalue weighted by Gasteiger charge is -2.22. The third kappa shape index (κ3) is 1.06.